The Balaban J connectivity index is 1.78. The smallest absolute Gasteiger partial charge is 0.264 e. The van der Waals surface area contributed by atoms with E-state index in [9.17, 15) is 4.79 Å². The molecule has 1 saturated heterocycles. The monoisotopic (exact) mass is 335 g/mol. The van der Waals surface area contributed by atoms with Gasteiger partial charge in [-0.25, -0.2) is 4.99 Å². The third kappa shape index (κ3) is 3.65. The highest BCUT2D eigenvalue weighted by Crippen LogP contribution is 2.28. The van der Waals surface area contributed by atoms with Crippen molar-refractivity contribution in [2.24, 2.45) is 4.99 Å². The number of amidine groups is 1. The fraction of sp³-hybridized carbons (Fsp3) is 0.0556. The average Bonchev–Trinajstić information content (AvgIpc) is 2.95. The molecule has 24 heavy (non-hydrogen) atoms. The Hall–Kier alpha value is -3.04. The molecule has 1 amide bonds. The highest BCUT2D eigenvalue weighted by Gasteiger charge is 2.23. The van der Waals surface area contributed by atoms with Crippen LogP contribution < -0.4 is 10.1 Å². The molecule has 0 spiro atoms. The van der Waals surface area contributed by atoms with Gasteiger partial charge in [-0.15, -0.1) is 0 Å². The summed E-state index contributed by atoms with van der Waals surface area (Å²) < 4.78 is 5.10. The molecule has 0 saturated carbocycles. The van der Waals surface area contributed by atoms with E-state index in [1.54, 1.807) is 37.5 Å². The van der Waals surface area contributed by atoms with Gasteiger partial charge in [-0.2, -0.15) is 5.26 Å². The molecule has 1 aliphatic rings. The first-order valence-corrected chi connectivity index (χ1v) is 7.93. The fourth-order valence-corrected chi connectivity index (χ4v) is 2.90. The summed E-state index contributed by atoms with van der Waals surface area (Å²) >= 11 is 1.28. The van der Waals surface area contributed by atoms with Gasteiger partial charge in [-0.05, 0) is 59.8 Å². The number of nitrogens with one attached hydrogen (secondary N) is 1. The number of rotatable bonds is 3. The van der Waals surface area contributed by atoms with E-state index in [-0.39, 0.29) is 5.91 Å². The highest BCUT2D eigenvalue weighted by atomic mass is 32.2. The minimum Gasteiger partial charge on any atom is -0.497 e. The summed E-state index contributed by atoms with van der Waals surface area (Å²) in [6, 6.07) is 16.4. The summed E-state index contributed by atoms with van der Waals surface area (Å²) in [5, 5.41) is 12.1. The molecule has 3 rings (SSSR count). The first kappa shape index (κ1) is 15.8. The van der Waals surface area contributed by atoms with Crippen LogP contribution in [0.3, 0.4) is 0 Å². The van der Waals surface area contributed by atoms with Gasteiger partial charge in [0.25, 0.3) is 5.91 Å². The van der Waals surface area contributed by atoms with Gasteiger partial charge in [-0.3, -0.25) is 4.79 Å². The number of methoxy groups -OCH3 is 1. The lowest BCUT2D eigenvalue weighted by molar-refractivity contribution is -0.115. The molecule has 0 bridgehead atoms. The lowest BCUT2D eigenvalue weighted by Gasteiger charge is -1.99. The Labute approximate surface area is 143 Å². The third-order valence-corrected chi connectivity index (χ3v) is 4.20. The SMILES string of the molecule is COc1ccc(N=C2NC(=O)/C(=C/c3ccc(C#N)cc3)S2)cc1. The number of hydrogen-bond donors (Lipinski definition) is 1. The molecule has 1 heterocycles. The number of hydrogen-bond acceptors (Lipinski definition) is 5. The van der Waals surface area contributed by atoms with Crippen molar-refractivity contribution in [1.29, 1.82) is 5.26 Å². The Bertz CT molecular complexity index is 863. The summed E-state index contributed by atoms with van der Waals surface area (Å²) in [4.78, 5) is 17.0. The van der Waals surface area contributed by atoms with E-state index in [0.29, 0.717) is 15.6 Å². The Morgan fingerprint density at radius 3 is 2.50 bits per heavy atom. The molecule has 0 aliphatic carbocycles. The largest absolute Gasteiger partial charge is 0.497 e. The van der Waals surface area contributed by atoms with E-state index in [1.165, 1.54) is 11.8 Å². The van der Waals surface area contributed by atoms with Crippen molar-refractivity contribution < 1.29 is 9.53 Å². The maximum Gasteiger partial charge on any atom is 0.264 e. The molecule has 0 radical (unpaired) electrons. The predicted molar refractivity (Wildman–Crippen MR) is 95.0 cm³/mol. The summed E-state index contributed by atoms with van der Waals surface area (Å²) in [7, 11) is 1.61. The van der Waals surface area contributed by atoms with Gasteiger partial charge in [-0.1, -0.05) is 12.1 Å². The van der Waals surface area contributed by atoms with Gasteiger partial charge in [0.1, 0.15) is 5.75 Å². The highest BCUT2D eigenvalue weighted by molar-refractivity contribution is 8.18. The number of benzene rings is 2. The Morgan fingerprint density at radius 2 is 1.88 bits per heavy atom. The van der Waals surface area contributed by atoms with Crippen LogP contribution in [0.15, 0.2) is 58.4 Å². The Kier molecular flexibility index (Phi) is 4.64. The van der Waals surface area contributed by atoms with Crippen LogP contribution in [0.25, 0.3) is 6.08 Å². The lowest BCUT2D eigenvalue weighted by atomic mass is 10.1. The zero-order chi connectivity index (χ0) is 16.9. The number of carbonyl (C=O) groups excluding carboxylic acids is 1. The molecule has 6 heteroatoms. The van der Waals surface area contributed by atoms with E-state index in [1.807, 2.05) is 24.3 Å². The van der Waals surface area contributed by atoms with Crippen molar-refractivity contribution in [3.05, 3.63) is 64.6 Å². The summed E-state index contributed by atoms with van der Waals surface area (Å²) in [5.74, 6) is 0.570. The number of ether oxygens (including phenoxy) is 1. The molecule has 0 unspecified atom stereocenters. The maximum absolute atomic E-state index is 12.0. The zero-order valence-corrected chi connectivity index (χ0v) is 13.6. The topological polar surface area (TPSA) is 74.5 Å². The van der Waals surface area contributed by atoms with E-state index in [2.05, 4.69) is 16.4 Å². The van der Waals surface area contributed by atoms with Crippen molar-refractivity contribution in [3.63, 3.8) is 0 Å². The fourth-order valence-electron chi connectivity index (χ4n) is 2.06. The van der Waals surface area contributed by atoms with E-state index < -0.39 is 0 Å². The van der Waals surface area contributed by atoms with Gasteiger partial charge in [0, 0.05) is 0 Å². The molecule has 118 valence electrons. The van der Waals surface area contributed by atoms with Crippen molar-refractivity contribution in [2.45, 2.75) is 0 Å². The first-order valence-electron chi connectivity index (χ1n) is 7.12. The minimum absolute atomic E-state index is 0.184. The van der Waals surface area contributed by atoms with E-state index >= 15 is 0 Å². The molecular weight excluding hydrogens is 322 g/mol. The number of nitrogens with zero attached hydrogens (tertiary/aromatic N) is 2. The van der Waals surface area contributed by atoms with Crippen LogP contribution in [0.5, 0.6) is 5.75 Å². The van der Waals surface area contributed by atoms with Crippen LogP contribution in [0.2, 0.25) is 0 Å². The van der Waals surface area contributed by atoms with Crippen LogP contribution in [0.4, 0.5) is 5.69 Å². The number of nitriles is 1. The third-order valence-electron chi connectivity index (χ3n) is 3.29. The lowest BCUT2D eigenvalue weighted by Crippen LogP contribution is -2.19. The van der Waals surface area contributed by atoms with Gasteiger partial charge >= 0.3 is 0 Å². The van der Waals surface area contributed by atoms with Crippen LogP contribution in [0, 0.1) is 11.3 Å². The van der Waals surface area contributed by atoms with Crippen LogP contribution in [-0.2, 0) is 4.79 Å². The second-order valence-electron chi connectivity index (χ2n) is 4.91. The van der Waals surface area contributed by atoms with E-state index in [4.69, 9.17) is 10.00 Å². The number of amides is 1. The quantitative estimate of drug-likeness (QED) is 0.872. The minimum atomic E-state index is -0.184. The van der Waals surface area contributed by atoms with Gasteiger partial charge in [0.05, 0.1) is 29.3 Å². The predicted octanol–water partition coefficient (Wildman–Crippen LogP) is 3.46. The van der Waals surface area contributed by atoms with Crippen LogP contribution >= 0.6 is 11.8 Å². The van der Waals surface area contributed by atoms with Crippen LogP contribution in [0.1, 0.15) is 11.1 Å². The number of carbonyl (C=O) groups is 1. The average molecular weight is 335 g/mol. The molecule has 1 aliphatic heterocycles. The van der Waals surface area contributed by atoms with Gasteiger partial charge in [0.2, 0.25) is 0 Å². The molecule has 2 aromatic carbocycles. The van der Waals surface area contributed by atoms with Crippen molar-refractivity contribution in [2.75, 3.05) is 7.11 Å². The summed E-state index contributed by atoms with van der Waals surface area (Å²) in [6.45, 7) is 0. The summed E-state index contributed by atoms with van der Waals surface area (Å²) in [6.07, 6.45) is 1.78. The van der Waals surface area contributed by atoms with Crippen LogP contribution in [-0.4, -0.2) is 18.2 Å². The molecule has 0 atom stereocenters. The molecule has 1 fully saturated rings. The standard InChI is InChI=1S/C18H13N3O2S/c1-23-15-8-6-14(7-9-15)20-18-21-17(22)16(24-18)10-12-2-4-13(11-19)5-3-12/h2-10H,1H3,(H,20,21,22)/b16-10-. The maximum atomic E-state index is 12.0. The Morgan fingerprint density at radius 1 is 1.17 bits per heavy atom. The number of thioether (sulfide) groups is 1. The molecular formula is C18H13N3O2S. The van der Waals surface area contributed by atoms with E-state index in [0.717, 1.165) is 17.0 Å². The molecule has 0 aromatic heterocycles. The second-order valence-corrected chi connectivity index (χ2v) is 5.94. The first-order chi connectivity index (χ1) is 11.7. The molecule has 1 N–H and O–H groups in total. The van der Waals surface area contributed by atoms with Gasteiger partial charge < -0.3 is 10.1 Å². The molecule has 5 nitrogen and oxygen atoms in total. The normalized spacial score (nSPS) is 16.9. The number of aliphatic imine (C=N–C) groups is 1. The van der Waals surface area contributed by atoms with Crippen molar-refractivity contribution >= 4 is 34.6 Å². The van der Waals surface area contributed by atoms with Crippen molar-refractivity contribution in [1.82, 2.24) is 5.32 Å². The second kappa shape index (κ2) is 7.02. The zero-order valence-electron chi connectivity index (χ0n) is 12.8. The molecule has 2 aromatic rings. The van der Waals surface area contributed by atoms with Crippen molar-refractivity contribution in [3.8, 4) is 11.8 Å². The van der Waals surface area contributed by atoms with Gasteiger partial charge in [0.15, 0.2) is 5.17 Å². The summed E-state index contributed by atoms with van der Waals surface area (Å²) in [5.41, 5.74) is 2.18.